The standard InChI is InChI=1S/C41H39BN2/c1-24-18-34-36-35(19-24)44-38-30(40(5)16-9-10-17-41(40,44)6)22-27(39(2,3)4)23-32(38)42(36)31-15-11-14-28-29-20-25-12-7-8-13-26(25)21-33(29)43(34)37(28)31/h7-8,11-15,18-23H,9-10,16-17H2,1-6H3. The van der Waals surface area contributed by atoms with Gasteiger partial charge in [-0.15, -0.1) is 0 Å². The number of hydrogen-bond donors (Lipinski definition) is 0. The molecule has 6 aromatic rings. The molecule has 2 atom stereocenters. The number of rotatable bonds is 0. The van der Waals surface area contributed by atoms with Gasteiger partial charge in [0.15, 0.2) is 0 Å². The zero-order valence-corrected chi connectivity index (χ0v) is 26.8. The van der Waals surface area contributed by atoms with Gasteiger partial charge in [0.1, 0.15) is 0 Å². The number of hydrogen-bond acceptors (Lipinski definition) is 1. The lowest BCUT2D eigenvalue weighted by molar-refractivity contribution is 0.195. The van der Waals surface area contributed by atoms with E-state index in [-0.39, 0.29) is 23.1 Å². The van der Waals surface area contributed by atoms with E-state index in [0.717, 1.165) is 0 Å². The van der Waals surface area contributed by atoms with Gasteiger partial charge in [0.2, 0.25) is 0 Å². The Labute approximate surface area is 260 Å². The lowest BCUT2D eigenvalue weighted by Crippen LogP contribution is -2.64. The van der Waals surface area contributed by atoms with Crippen LogP contribution in [0.25, 0.3) is 38.3 Å². The molecule has 0 saturated heterocycles. The lowest BCUT2D eigenvalue weighted by Gasteiger charge is -2.52. The van der Waals surface area contributed by atoms with Crippen molar-refractivity contribution in [1.29, 1.82) is 0 Å². The van der Waals surface area contributed by atoms with Gasteiger partial charge in [-0.05, 0) is 100 Å². The largest absolute Gasteiger partial charge is 0.335 e. The SMILES string of the molecule is Cc1cc2c3c(c1)-n1c4cc5ccccc5cc4c4cccc(c41)B3c1cc(C(C)(C)C)cc3c1N2C1(C)CCCCC31C. The molecule has 1 saturated carbocycles. The Hall–Kier alpha value is -3.98. The van der Waals surface area contributed by atoms with Crippen molar-refractivity contribution in [3.63, 3.8) is 0 Å². The highest BCUT2D eigenvalue weighted by Gasteiger charge is 2.61. The fourth-order valence-corrected chi connectivity index (χ4v) is 10.1. The van der Waals surface area contributed by atoms with Crippen LogP contribution in [0.2, 0.25) is 0 Å². The molecule has 4 heterocycles. The second-order valence-corrected chi connectivity index (χ2v) is 15.8. The summed E-state index contributed by atoms with van der Waals surface area (Å²) in [5.41, 5.74) is 16.2. The first-order chi connectivity index (χ1) is 21.1. The molecule has 1 fully saturated rings. The lowest BCUT2D eigenvalue weighted by atomic mass is 9.33. The van der Waals surface area contributed by atoms with E-state index in [1.54, 1.807) is 5.56 Å². The van der Waals surface area contributed by atoms with Gasteiger partial charge in [0.05, 0.1) is 11.1 Å². The maximum Gasteiger partial charge on any atom is 0.252 e. The predicted molar refractivity (Wildman–Crippen MR) is 189 cm³/mol. The number of aryl methyl sites for hydroxylation is 1. The molecule has 2 nitrogen and oxygen atoms in total. The molecule has 10 rings (SSSR count). The van der Waals surface area contributed by atoms with Crippen LogP contribution in [-0.4, -0.2) is 16.8 Å². The van der Waals surface area contributed by atoms with Crippen LogP contribution in [0.1, 0.15) is 77.0 Å². The van der Waals surface area contributed by atoms with E-state index in [4.69, 9.17) is 0 Å². The summed E-state index contributed by atoms with van der Waals surface area (Å²) in [7, 11) is 0. The third-order valence-corrected chi connectivity index (χ3v) is 12.5. The average molecular weight is 571 g/mol. The maximum atomic E-state index is 2.86. The summed E-state index contributed by atoms with van der Waals surface area (Å²) in [6.45, 7) is 14.9. The van der Waals surface area contributed by atoms with Gasteiger partial charge in [-0.3, -0.25) is 0 Å². The number of fused-ring (bicyclic) bond motifs is 11. The van der Waals surface area contributed by atoms with Crippen molar-refractivity contribution in [1.82, 2.24) is 4.57 Å². The Balaban J connectivity index is 1.41. The molecule has 3 aliphatic heterocycles. The van der Waals surface area contributed by atoms with Crippen molar-refractivity contribution in [2.45, 2.75) is 83.6 Å². The van der Waals surface area contributed by atoms with Gasteiger partial charge in [-0.1, -0.05) is 95.1 Å². The van der Waals surface area contributed by atoms with Crippen LogP contribution in [0.3, 0.4) is 0 Å². The minimum absolute atomic E-state index is 0.0482. The Morgan fingerprint density at radius 3 is 2.30 bits per heavy atom. The normalized spacial score (nSPS) is 23.0. The van der Waals surface area contributed by atoms with Gasteiger partial charge in [0, 0.05) is 38.8 Å². The Morgan fingerprint density at radius 2 is 1.50 bits per heavy atom. The molecule has 0 spiro atoms. The number of para-hydroxylation sites is 1. The molecule has 2 unspecified atom stereocenters. The van der Waals surface area contributed by atoms with E-state index in [2.05, 4.69) is 130 Å². The molecule has 1 aliphatic carbocycles. The molecule has 0 radical (unpaired) electrons. The third-order valence-electron chi connectivity index (χ3n) is 12.5. The number of anilines is 2. The fourth-order valence-electron chi connectivity index (χ4n) is 10.1. The summed E-state index contributed by atoms with van der Waals surface area (Å²) in [5.74, 6) is 0. The smallest absolute Gasteiger partial charge is 0.252 e. The van der Waals surface area contributed by atoms with Crippen molar-refractivity contribution in [3.8, 4) is 5.69 Å². The molecule has 216 valence electrons. The van der Waals surface area contributed by atoms with Crippen molar-refractivity contribution in [3.05, 3.63) is 95.6 Å². The Kier molecular flexibility index (Phi) is 4.50. The van der Waals surface area contributed by atoms with Crippen LogP contribution in [0.5, 0.6) is 0 Å². The van der Waals surface area contributed by atoms with Crippen LogP contribution in [0.4, 0.5) is 11.4 Å². The fraction of sp³-hybridized carbons (Fsp3) is 0.317. The van der Waals surface area contributed by atoms with Crippen LogP contribution < -0.4 is 21.3 Å². The van der Waals surface area contributed by atoms with Crippen LogP contribution in [0.15, 0.2) is 78.9 Å². The summed E-state index contributed by atoms with van der Waals surface area (Å²) < 4.78 is 2.63. The van der Waals surface area contributed by atoms with Crippen LogP contribution in [-0.2, 0) is 10.8 Å². The molecule has 0 amide bonds. The highest BCUT2D eigenvalue weighted by Crippen LogP contribution is 2.61. The minimum atomic E-state index is 0.0482. The summed E-state index contributed by atoms with van der Waals surface area (Å²) in [4.78, 5) is 2.86. The van der Waals surface area contributed by atoms with Gasteiger partial charge >= 0.3 is 0 Å². The molecular weight excluding hydrogens is 531 g/mol. The topological polar surface area (TPSA) is 8.17 Å². The van der Waals surface area contributed by atoms with Gasteiger partial charge in [-0.2, -0.15) is 0 Å². The summed E-state index contributed by atoms with van der Waals surface area (Å²) >= 11 is 0. The van der Waals surface area contributed by atoms with E-state index >= 15 is 0 Å². The zero-order valence-electron chi connectivity index (χ0n) is 26.8. The third kappa shape index (κ3) is 2.78. The Morgan fingerprint density at radius 1 is 0.750 bits per heavy atom. The van der Waals surface area contributed by atoms with Crippen LogP contribution in [0, 0.1) is 6.92 Å². The van der Waals surface area contributed by atoms with Gasteiger partial charge in [-0.25, -0.2) is 0 Å². The number of aromatic nitrogens is 1. The van der Waals surface area contributed by atoms with E-state index in [1.165, 1.54) is 103 Å². The number of nitrogens with zero attached hydrogens (tertiary/aromatic N) is 2. The average Bonchev–Trinajstić information content (AvgIpc) is 3.43. The molecule has 3 heteroatoms. The molecular formula is C41H39BN2. The minimum Gasteiger partial charge on any atom is -0.335 e. The highest BCUT2D eigenvalue weighted by molar-refractivity contribution is 7.00. The first kappa shape index (κ1) is 25.4. The second kappa shape index (κ2) is 7.81. The molecule has 4 aliphatic rings. The van der Waals surface area contributed by atoms with E-state index in [1.807, 2.05) is 0 Å². The molecule has 0 bridgehead atoms. The first-order valence-electron chi connectivity index (χ1n) is 16.7. The Bertz CT molecular complexity index is 2280. The van der Waals surface area contributed by atoms with Crippen molar-refractivity contribution < 1.29 is 0 Å². The zero-order chi connectivity index (χ0) is 29.9. The summed E-state index contributed by atoms with van der Waals surface area (Å²) in [5, 5.41) is 5.34. The van der Waals surface area contributed by atoms with E-state index in [9.17, 15) is 0 Å². The van der Waals surface area contributed by atoms with E-state index in [0.29, 0.717) is 0 Å². The van der Waals surface area contributed by atoms with Gasteiger partial charge < -0.3 is 9.47 Å². The van der Waals surface area contributed by atoms with E-state index < -0.39 is 0 Å². The summed E-state index contributed by atoms with van der Waals surface area (Å²) in [6, 6.07) is 31.1. The molecule has 44 heavy (non-hydrogen) atoms. The molecule has 0 N–H and O–H groups in total. The number of benzene rings is 5. The quantitative estimate of drug-likeness (QED) is 0.166. The highest BCUT2D eigenvalue weighted by atomic mass is 15.3. The van der Waals surface area contributed by atoms with Crippen molar-refractivity contribution in [2.75, 3.05) is 4.90 Å². The molecule has 1 aromatic heterocycles. The van der Waals surface area contributed by atoms with Crippen molar-refractivity contribution in [2.24, 2.45) is 0 Å². The van der Waals surface area contributed by atoms with Crippen molar-refractivity contribution >= 4 is 67.1 Å². The molecule has 5 aromatic carbocycles. The monoisotopic (exact) mass is 570 g/mol. The predicted octanol–water partition coefficient (Wildman–Crippen LogP) is 8.43. The van der Waals surface area contributed by atoms with Crippen LogP contribution >= 0.6 is 0 Å². The second-order valence-electron chi connectivity index (χ2n) is 15.8. The van der Waals surface area contributed by atoms with Gasteiger partial charge in [0.25, 0.3) is 6.71 Å². The summed E-state index contributed by atoms with van der Waals surface area (Å²) in [6.07, 6.45) is 5.10. The maximum absolute atomic E-state index is 2.86. The first-order valence-corrected chi connectivity index (χ1v) is 16.7.